The van der Waals surface area contributed by atoms with Crippen LogP contribution in [0, 0.1) is 5.82 Å². The largest absolute Gasteiger partial charge is 0.487 e. The molecule has 7 heteroatoms. The minimum atomic E-state index is -0.377. The molecule has 2 aromatic rings. The van der Waals surface area contributed by atoms with Gasteiger partial charge in [0.1, 0.15) is 18.2 Å². The van der Waals surface area contributed by atoms with E-state index >= 15 is 0 Å². The molecule has 1 amide bonds. The number of fused-ring (bicyclic) bond motifs is 2. The van der Waals surface area contributed by atoms with Crippen LogP contribution in [-0.2, 0) is 32.0 Å². The maximum atomic E-state index is 13.8. The molecule has 6 nitrogen and oxygen atoms in total. The van der Waals surface area contributed by atoms with E-state index < -0.39 is 0 Å². The molecule has 5 rings (SSSR count). The Kier molecular flexibility index (Phi) is 6.19. The van der Waals surface area contributed by atoms with Gasteiger partial charge in [-0.25, -0.2) is 4.39 Å². The molecule has 174 valence electrons. The molecule has 1 saturated heterocycles. The lowest BCUT2D eigenvalue weighted by Gasteiger charge is -2.29. The number of rotatable bonds is 7. The van der Waals surface area contributed by atoms with Gasteiger partial charge in [-0.05, 0) is 43.0 Å². The first-order valence-corrected chi connectivity index (χ1v) is 11.4. The molecule has 0 aliphatic carbocycles. The number of likely N-dealkylation sites (tertiary alicyclic amines) is 1. The number of amides is 1. The van der Waals surface area contributed by atoms with Crippen molar-refractivity contribution in [1.82, 2.24) is 4.90 Å². The van der Waals surface area contributed by atoms with Crippen molar-refractivity contribution in [3.8, 4) is 0 Å². The van der Waals surface area contributed by atoms with Gasteiger partial charge in [0.25, 0.3) is 5.91 Å². The number of benzene rings is 2. The van der Waals surface area contributed by atoms with Gasteiger partial charge in [0.05, 0.1) is 18.8 Å². The molecule has 0 saturated carbocycles. The Labute approximate surface area is 193 Å². The van der Waals surface area contributed by atoms with Crippen LogP contribution >= 0.6 is 0 Å². The number of hydrogen-bond acceptors (Lipinski definition) is 5. The Bertz CT molecular complexity index is 1090. The van der Waals surface area contributed by atoms with E-state index in [4.69, 9.17) is 14.2 Å². The first kappa shape index (κ1) is 22.1. The maximum absolute atomic E-state index is 13.8. The van der Waals surface area contributed by atoms with E-state index in [0.717, 1.165) is 50.1 Å². The van der Waals surface area contributed by atoms with E-state index in [2.05, 4.69) is 22.3 Å². The van der Waals surface area contributed by atoms with Crippen LogP contribution in [0.1, 0.15) is 35.1 Å². The van der Waals surface area contributed by atoms with Crippen LogP contribution < -0.4 is 5.32 Å². The molecule has 1 fully saturated rings. The minimum Gasteiger partial charge on any atom is -0.487 e. The Morgan fingerprint density at radius 2 is 1.82 bits per heavy atom. The van der Waals surface area contributed by atoms with Crippen LogP contribution in [0.5, 0.6) is 0 Å². The first-order valence-electron chi connectivity index (χ1n) is 11.4. The average molecular weight is 453 g/mol. The van der Waals surface area contributed by atoms with Crippen molar-refractivity contribution in [2.75, 3.05) is 39.3 Å². The topological polar surface area (TPSA) is 60.0 Å². The van der Waals surface area contributed by atoms with Gasteiger partial charge in [-0.15, -0.1) is 0 Å². The number of anilines is 1. The number of methoxy groups -OCH3 is 2. The SMILES string of the molecule is COC[C@@H]1CC[C@@H](COC)N1CCc1ccc2c(c1)COC2=C1C(=O)Nc2ccc(F)cc21. The summed E-state index contributed by atoms with van der Waals surface area (Å²) < 4.78 is 30.7. The predicted octanol–water partition coefficient (Wildman–Crippen LogP) is 3.84. The summed E-state index contributed by atoms with van der Waals surface area (Å²) in [6.07, 6.45) is 3.16. The molecule has 3 aliphatic rings. The van der Waals surface area contributed by atoms with Gasteiger partial charge in [0.2, 0.25) is 0 Å². The Morgan fingerprint density at radius 1 is 1.06 bits per heavy atom. The monoisotopic (exact) mass is 452 g/mol. The van der Waals surface area contributed by atoms with Crippen molar-refractivity contribution in [3.63, 3.8) is 0 Å². The fraction of sp³-hybridized carbons (Fsp3) is 0.423. The van der Waals surface area contributed by atoms with Gasteiger partial charge in [0.15, 0.2) is 0 Å². The van der Waals surface area contributed by atoms with Crippen LogP contribution in [0.4, 0.5) is 10.1 Å². The number of nitrogens with zero attached hydrogens (tertiary/aromatic N) is 1. The molecule has 0 aromatic heterocycles. The summed E-state index contributed by atoms with van der Waals surface area (Å²) in [5.41, 5.74) is 4.74. The maximum Gasteiger partial charge on any atom is 0.260 e. The van der Waals surface area contributed by atoms with Gasteiger partial charge >= 0.3 is 0 Å². The molecule has 2 atom stereocenters. The Hall–Kier alpha value is -2.74. The Balaban J connectivity index is 1.36. The molecule has 33 heavy (non-hydrogen) atoms. The fourth-order valence-electron chi connectivity index (χ4n) is 5.32. The highest BCUT2D eigenvalue weighted by molar-refractivity contribution is 6.36. The van der Waals surface area contributed by atoms with Crippen molar-refractivity contribution >= 4 is 22.9 Å². The third-order valence-electron chi connectivity index (χ3n) is 6.89. The van der Waals surface area contributed by atoms with Crippen LogP contribution in [0.25, 0.3) is 11.3 Å². The second-order valence-electron chi connectivity index (χ2n) is 8.91. The van der Waals surface area contributed by atoms with E-state index in [1.54, 1.807) is 20.3 Å². The van der Waals surface area contributed by atoms with E-state index in [1.165, 1.54) is 17.7 Å². The zero-order valence-corrected chi connectivity index (χ0v) is 19.0. The number of carbonyl (C=O) groups is 1. The summed E-state index contributed by atoms with van der Waals surface area (Å²) in [6, 6.07) is 11.4. The Morgan fingerprint density at radius 3 is 2.55 bits per heavy atom. The second kappa shape index (κ2) is 9.25. The molecule has 2 aromatic carbocycles. The van der Waals surface area contributed by atoms with E-state index in [1.807, 2.05) is 6.07 Å². The minimum absolute atomic E-state index is 0.259. The lowest BCUT2D eigenvalue weighted by molar-refractivity contribution is -0.110. The summed E-state index contributed by atoms with van der Waals surface area (Å²) in [5, 5.41) is 2.80. The first-order chi connectivity index (χ1) is 16.1. The fourth-order valence-corrected chi connectivity index (χ4v) is 5.32. The van der Waals surface area contributed by atoms with Gasteiger partial charge < -0.3 is 19.5 Å². The summed E-state index contributed by atoms with van der Waals surface area (Å²) in [4.78, 5) is 15.1. The van der Waals surface area contributed by atoms with Crippen molar-refractivity contribution in [1.29, 1.82) is 0 Å². The van der Waals surface area contributed by atoms with Crippen LogP contribution in [-0.4, -0.2) is 56.9 Å². The zero-order chi connectivity index (χ0) is 22.9. The molecule has 0 unspecified atom stereocenters. The number of nitrogens with one attached hydrogen (secondary N) is 1. The van der Waals surface area contributed by atoms with Gasteiger partial charge in [-0.2, -0.15) is 0 Å². The third-order valence-corrected chi connectivity index (χ3v) is 6.89. The third kappa shape index (κ3) is 4.16. The second-order valence-corrected chi connectivity index (χ2v) is 8.91. The highest BCUT2D eigenvalue weighted by Crippen LogP contribution is 2.42. The molecule has 0 radical (unpaired) electrons. The number of hydrogen-bond donors (Lipinski definition) is 1. The molecule has 0 bridgehead atoms. The van der Waals surface area contributed by atoms with Gasteiger partial charge in [0, 0.05) is 55.2 Å². The van der Waals surface area contributed by atoms with Crippen molar-refractivity contribution < 1.29 is 23.4 Å². The molecule has 3 heterocycles. The quantitative estimate of drug-likeness (QED) is 0.647. The summed E-state index contributed by atoms with van der Waals surface area (Å²) in [6.45, 7) is 2.81. The summed E-state index contributed by atoms with van der Waals surface area (Å²) in [5.74, 6) is -0.111. The molecule has 3 aliphatic heterocycles. The predicted molar refractivity (Wildman–Crippen MR) is 124 cm³/mol. The van der Waals surface area contributed by atoms with E-state index in [9.17, 15) is 9.18 Å². The standard InChI is InChI=1S/C26H29FN2O4/c1-31-14-19-5-6-20(15-32-2)29(19)10-9-16-3-7-21-17(11-16)13-33-25(21)24-22-12-18(27)4-8-23(22)28-26(24)30/h3-4,7-8,11-12,19-20H,5-6,9-10,13-15H2,1-2H3,(H,28,30)/t19-,20-/m0/s1. The highest BCUT2D eigenvalue weighted by atomic mass is 19.1. The van der Waals surface area contributed by atoms with Crippen molar-refractivity contribution in [2.45, 2.75) is 38.0 Å². The van der Waals surface area contributed by atoms with Crippen LogP contribution in [0.3, 0.4) is 0 Å². The summed E-state index contributed by atoms with van der Waals surface area (Å²) in [7, 11) is 3.51. The molecule has 1 N–H and O–H groups in total. The summed E-state index contributed by atoms with van der Waals surface area (Å²) >= 11 is 0. The number of halogens is 1. The lowest BCUT2D eigenvalue weighted by Crippen LogP contribution is -2.41. The normalized spacial score (nSPS) is 24.0. The van der Waals surface area contributed by atoms with Crippen LogP contribution in [0.15, 0.2) is 36.4 Å². The lowest BCUT2D eigenvalue weighted by atomic mass is 9.98. The number of ether oxygens (including phenoxy) is 3. The highest BCUT2D eigenvalue weighted by Gasteiger charge is 2.34. The zero-order valence-electron chi connectivity index (χ0n) is 19.0. The van der Waals surface area contributed by atoms with Crippen LogP contribution in [0.2, 0.25) is 0 Å². The molecule has 0 spiro atoms. The molecular formula is C26H29FN2O4. The van der Waals surface area contributed by atoms with Gasteiger partial charge in [-0.1, -0.05) is 18.2 Å². The average Bonchev–Trinajstić information content (AvgIpc) is 3.47. The van der Waals surface area contributed by atoms with Crippen molar-refractivity contribution in [3.05, 3.63) is 64.5 Å². The molecular weight excluding hydrogens is 423 g/mol. The van der Waals surface area contributed by atoms with Crippen molar-refractivity contribution in [2.24, 2.45) is 0 Å². The smallest absolute Gasteiger partial charge is 0.260 e. The van der Waals surface area contributed by atoms with Gasteiger partial charge in [-0.3, -0.25) is 9.69 Å². The van der Waals surface area contributed by atoms with E-state index in [0.29, 0.717) is 41.3 Å². The number of carbonyl (C=O) groups excluding carboxylic acids is 1. The van der Waals surface area contributed by atoms with E-state index in [-0.39, 0.29) is 11.7 Å².